The van der Waals surface area contributed by atoms with E-state index in [-0.39, 0.29) is 17.9 Å². The summed E-state index contributed by atoms with van der Waals surface area (Å²) in [5, 5.41) is 8.58. The van der Waals surface area contributed by atoms with Gasteiger partial charge >= 0.3 is 0 Å². The second-order valence-electron chi connectivity index (χ2n) is 7.07. The topological polar surface area (TPSA) is 64.5 Å². The molecule has 0 fully saturated rings. The van der Waals surface area contributed by atoms with Crippen LogP contribution in [0.2, 0.25) is 5.02 Å². The Labute approximate surface area is 188 Å². The Bertz CT molecular complexity index is 1390. The summed E-state index contributed by atoms with van der Waals surface area (Å²) in [5.41, 5.74) is 3.45. The van der Waals surface area contributed by atoms with E-state index in [1.807, 2.05) is 12.1 Å². The monoisotopic (exact) mass is 447 g/mol. The number of nitrogens with zero attached hydrogens (tertiary/aromatic N) is 5. The third-order valence-electron chi connectivity index (χ3n) is 5.10. The summed E-state index contributed by atoms with van der Waals surface area (Å²) in [4.78, 5) is 17.9. The molecule has 0 atom stereocenters. The van der Waals surface area contributed by atoms with Gasteiger partial charge in [0.05, 0.1) is 12.1 Å². The van der Waals surface area contributed by atoms with Gasteiger partial charge in [0.25, 0.3) is 5.56 Å². The van der Waals surface area contributed by atoms with Crippen molar-refractivity contribution in [3.63, 3.8) is 0 Å². The van der Waals surface area contributed by atoms with Gasteiger partial charge in [-0.3, -0.25) is 14.5 Å². The molecule has 2 aromatic carbocycles. The molecule has 0 bridgehead atoms. The molecular formula is C24H19ClFN5O. The highest BCUT2D eigenvalue weighted by atomic mass is 35.5. The number of benzene rings is 2. The maximum atomic E-state index is 13.8. The summed E-state index contributed by atoms with van der Waals surface area (Å²) in [7, 11) is 1.73. The van der Waals surface area contributed by atoms with Crippen molar-refractivity contribution in [2.45, 2.75) is 6.54 Å². The number of halogens is 2. The van der Waals surface area contributed by atoms with Crippen LogP contribution in [0, 0.1) is 5.82 Å². The van der Waals surface area contributed by atoms with E-state index in [0.29, 0.717) is 27.2 Å². The minimum Gasteiger partial charge on any atom is -0.267 e. The van der Waals surface area contributed by atoms with Crippen LogP contribution in [0.3, 0.4) is 0 Å². The van der Waals surface area contributed by atoms with E-state index in [0.717, 1.165) is 11.1 Å². The molecule has 0 aliphatic rings. The Morgan fingerprint density at radius 3 is 2.22 bits per heavy atom. The van der Waals surface area contributed by atoms with Gasteiger partial charge in [-0.05, 0) is 53.1 Å². The van der Waals surface area contributed by atoms with E-state index in [1.165, 1.54) is 16.8 Å². The van der Waals surface area contributed by atoms with Crippen LogP contribution in [0.25, 0.3) is 22.3 Å². The SMILES string of the molecule is C=N/N=c1/c(-c2ccc(Cl)cc2)c(-c2ccncc2)c(=O)n(Cc2ccc(F)cc2)n1C. The van der Waals surface area contributed by atoms with Gasteiger partial charge in [-0.25, -0.2) is 9.07 Å². The molecule has 6 nitrogen and oxygen atoms in total. The van der Waals surface area contributed by atoms with Gasteiger partial charge in [-0.1, -0.05) is 35.9 Å². The van der Waals surface area contributed by atoms with Gasteiger partial charge in [0.1, 0.15) is 5.82 Å². The lowest BCUT2D eigenvalue weighted by atomic mass is 9.97. The Balaban J connectivity index is 2.08. The normalized spacial score (nSPS) is 11.5. The zero-order valence-corrected chi connectivity index (χ0v) is 18.0. The van der Waals surface area contributed by atoms with Crippen molar-refractivity contribution in [3.8, 4) is 22.3 Å². The maximum Gasteiger partial charge on any atom is 0.274 e. The van der Waals surface area contributed by atoms with Gasteiger partial charge in [0.2, 0.25) is 0 Å². The first-order valence-corrected chi connectivity index (χ1v) is 10.1. The fourth-order valence-corrected chi connectivity index (χ4v) is 3.68. The van der Waals surface area contributed by atoms with Crippen LogP contribution in [-0.2, 0) is 13.6 Å². The second-order valence-corrected chi connectivity index (χ2v) is 7.51. The van der Waals surface area contributed by atoms with Crippen LogP contribution in [0.4, 0.5) is 4.39 Å². The van der Waals surface area contributed by atoms with Crippen molar-refractivity contribution in [2.24, 2.45) is 17.3 Å². The lowest BCUT2D eigenvalue weighted by molar-refractivity contribution is 0.491. The molecule has 4 aromatic rings. The van der Waals surface area contributed by atoms with Crippen molar-refractivity contribution < 1.29 is 4.39 Å². The first-order chi connectivity index (χ1) is 15.5. The highest BCUT2D eigenvalue weighted by Gasteiger charge is 2.20. The van der Waals surface area contributed by atoms with Crippen LogP contribution in [0.15, 0.2) is 88.1 Å². The quantitative estimate of drug-likeness (QED) is 0.338. The number of hydrogen-bond donors (Lipinski definition) is 0. The molecule has 0 saturated heterocycles. The summed E-state index contributed by atoms with van der Waals surface area (Å²) in [6.07, 6.45) is 3.25. The molecule has 160 valence electrons. The number of hydrogen-bond acceptors (Lipinski definition) is 4. The number of pyridine rings is 1. The highest BCUT2D eigenvalue weighted by Crippen LogP contribution is 2.27. The molecular weight excluding hydrogens is 429 g/mol. The molecule has 32 heavy (non-hydrogen) atoms. The fourth-order valence-electron chi connectivity index (χ4n) is 3.56. The lowest BCUT2D eigenvalue weighted by Gasteiger charge is -2.19. The van der Waals surface area contributed by atoms with Crippen molar-refractivity contribution >= 4 is 18.3 Å². The molecule has 0 aliphatic heterocycles. The van der Waals surface area contributed by atoms with Crippen LogP contribution >= 0.6 is 11.6 Å². The van der Waals surface area contributed by atoms with Crippen LogP contribution in [0.1, 0.15) is 5.56 Å². The molecule has 4 rings (SSSR count). The molecule has 0 amide bonds. The second kappa shape index (κ2) is 9.11. The third-order valence-corrected chi connectivity index (χ3v) is 5.36. The molecule has 0 N–H and O–H groups in total. The van der Waals surface area contributed by atoms with Gasteiger partial charge in [-0.15, -0.1) is 5.10 Å². The van der Waals surface area contributed by atoms with Crippen LogP contribution in [0.5, 0.6) is 0 Å². The third kappa shape index (κ3) is 4.15. The lowest BCUT2D eigenvalue weighted by Crippen LogP contribution is -2.40. The molecule has 0 aliphatic carbocycles. The average Bonchev–Trinajstić information content (AvgIpc) is 2.81. The van der Waals surface area contributed by atoms with E-state index >= 15 is 0 Å². The minimum absolute atomic E-state index is 0.217. The Morgan fingerprint density at radius 1 is 0.969 bits per heavy atom. The van der Waals surface area contributed by atoms with Gasteiger partial charge in [0.15, 0.2) is 5.49 Å². The molecule has 2 heterocycles. The van der Waals surface area contributed by atoms with Crippen molar-refractivity contribution in [2.75, 3.05) is 0 Å². The van der Waals surface area contributed by atoms with E-state index < -0.39 is 0 Å². The van der Waals surface area contributed by atoms with E-state index in [9.17, 15) is 9.18 Å². The summed E-state index contributed by atoms with van der Waals surface area (Å²) < 4.78 is 16.5. The number of rotatable bonds is 5. The van der Waals surface area contributed by atoms with E-state index in [4.69, 9.17) is 11.6 Å². The molecule has 0 saturated carbocycles. The zero-order valence-electron chi connectivity index (χ0n) is 17.2. The smallest absolute Gasteiger partial charge is 0.267 e. The molecule has 2 aromatic heterocycles. The summed E-state index contributed by atoms with van der Waals surface area (Å²) in [6, 6.07) is 16.7. The highest BCUT2D eigenvalue weighted by molar-refractivity contribution is 6.30. The Morgan fingerprint density at radius 2 is 1.59 bits per heavy atom. The van der Waals surface area contributed by atoms with Gasteiger partial charge in [0, 0.05) is 36.7 Å². The molecule has 0 radical (unpaired) electrons. The molecule has 8 heteroatoms. The predicted molar refractivity (Wildman–Crippen MR) is 124 cm³/mol. The van der Waals surface area contributed by atoms with Crippen molar-refractivity contribution in [1.82, 2.24) is 14.3 Å². The van der Waals surface area contributed by atoms with E-state index in [2.05, 4.69) is 21.9 Å². The maximum absolute atomic E-state index is 13.8. The Kier molecular flexibility index (Phi) is 6.09. The summed E-state index contributed by atoms with van der Waals surface area (Å²) >= 11 is 6.09. The average molecular weight is 448 g/mol. The predicted octanol–water partition coefficient (Wildman–Crippen LogP) is 4.27. The van der Waals surface area contributed by atoms with Gasteiger partial charge in [-0.2, -0.15) is 5.10 Å². The largest absolute Gasteiger partial charge is 0.274 e. The van der Waals surface area contributed by atoms with Crippen molar-refractivity contribution in [1.29, 1.82) is 0 Å². The molecule has 0 spiro atoms. The minimum atomic E-state index is -0.340. The summed E-state index contributed by atoms with van der Waals surface area (Å²) in [5.74, 6) is -0.340. The molecule has 0 unspecified atom stereocenters. The van der Waals surface area contributed by atoms with Gasteiger partial charge < -0.3 is 0 Å². The summed E-state index contributed by atoms with van der Waals surface area (Å²) in [6.45, 7) is 3.72. The first-order valence-electron chi connectivity index (χ1n) is 9.74. The fraction of sp³-hybridized carbons (Fsp3) is 0.0833. The van der Waals surface area contributed by atoms with E-state index in [1.54, 1.807) is 60.5 Å². The van der Waals surface area contributed by atoms with Crippen LogP contribution < -0.4 is 11.0 Å². The zero-order chi connectivity index (χ0) is 22.7. The van der Waals surface area contributed by atoms with Crippen LogP contribution in [-0.4, -0.2) is 21.1 Å². The van der Waals surface area contributed by atoms with Crippen molar-refractivity contribution in [3.05, 3.63) is 105 Å². The Hall–Kier alpha value is -3.84. The number of aromatic nitrogens is 3. The standard InChI is InChI=1S/C24H19ClFN5O/c1-27-29-23-21(17-5-7-19(25)8-6-17)22(18-11-13-28-14-12-18)24(32)31(30(23)2)15-16-3-9-20(26)10-4-16/h3-14H,1,15H2,2H3/b29-23-. The first kappa shape index (κ1) is 21.4.